The number of rotatable bonds is 7. The maximum atomic E-state index is 11.4. The number of nitrogens with zero attached hydrogens (tertiary/aromatic N) is 4. The smallest absolute Gasteiger partial charge is 0.333 e. The number of likely N-dealkylation sites (N-methyl/N-ethyl adjacent to an activating group) is 1. The van der Waals surface area contributed by atoms with E-state index in [9.17, 15) is 10.1 Å². The Morgan fingerprint density at radius 1 is 1.33 bits per heavy atom. The highest BCUT2D eigenvalue weighted by Gasteiger charge is 2.29. The van der Waals surface area contributed by atoms with Gasteiger partial charge in [0.15, 0.2) is 0 Å². The SMILES string of the molecule is Cc1nn(C(C)C)c(NC(CN(C)C)C(C)C)c1[N+](=O)[O-]. The first-order valence-corrected chi connectivity index (χ1v) is 7.29. The monoisotopic (exact) mass is 297 g/mol. The zero-order valence-electron chi connectivity index (χ0n) is 14.0. The second kappa shape index (κ2) is 6.89. The van der Waals surface area contributed by atoms with Crippen LogP contribution in [-0.2, 0) is 0 Å². The second-order valence-corrected chi connectivity index (χ2v) is 6.34. The molecule has 7 nitrogen and oxygen atoms in total. The summed E-state index contributed by atoms with van der Waals surface area (Å²) in [5.41, 5.74) is 0.525. The number of aromatic nitrogens is 2. The predicted octanol–water partition coefficient (Wildman–Crippen LogP) is 2.68. The zero-order chi connectivity index (χ0) is 16.3. The minimum absolute atomic E-state index is 0.0621. The third-order valence-corrected chi connectivity index (χ3v) is 3.41. The molecule has 1 rings (SSSR count). The molecule has 0 aliphatic rings. The molecule has 0 radical (unpaired) electrons. The van der Waals surface area contributed by atoms with Gasteiger partial charge >= 0.3 is 5.69 Å². The third kappa shape index (κ3) is 4.17. The Bertz CT molecular complexity index is 494. The van der Waals surface area contributed by atoms with Crippen LogP contribution in [0.2, 0.25) is 0 Å². The van der Waals surface area contributed by atoms with Crippen molar-refractivity contribution in [3.63, 3.8) is 0 Å². The highest BCUT2D eigenvalue weighted by molar-refractivity contribution is 5.60. The van der Waals surface area contributed by atoms with E-state index < -0.39 is 0 Å². The first-order valence-electron chi connectivity index (χ1n) is 7.29. The number of hydrogen-bond acceptors (Lipinski definition) is 5. The predicted molar refractivity (Wildman–Crippen MR) is 84.8 cm³/mol. The van der Waals surface area contributed by atoms with Crippen LogP contribution in [0.4, 0.5) is 11.5 Å². The van der Waals surface area contributed by atoms with Crippen LogP contribution < -0.4 is 5.32 Å². The summed E-state index contributed by atoms with van der Waals surface area (Å²) in [5.74, 6) is 0.857. The van der Waals surface area contributed by atoms with Crippen molar-refractivity contribution in [3.8, 4) is 0 Å². The third-order valence-electron chi connectivity index (χ3n) is 3.41. The van der Waals surface area contributed by atoms with E-state index in [2.05, 4.69) is 29.2 Å². The molecule has 0 saturated heterocycles. The first kappa shape index (κ1) is 17.4. The van der Waals surface area contributed by atoms with Gasteiger partial charge in [-0.05, 0) is 40.8 Å². The summed E-state index contributed by atoms with van der Waals surface area (Å²) >= 11 is 0. The number of nitro groups is 1. The van der Waals surface area contributed by atoms with Gasteiger partial charge in [-0.15, -0.1) is 0 Å². The molecule has 1 heterocycles. The molecule has 0 amide bonds. The molecule has 0 aliphatic carbocycles. The average molecular weight is 297 g/mol. The molecular formula is C14H27N5O2. The van der Waals surface area contributed by atoms with Gasteiger partial charge in [-0.3, -0.25) is 10.1 Å². The zero-order valence-corrected chi connectivity index (χ0v) is 14.0. The van der Waals surface area contributed by atoms with Crippen molar-refractivity contribution in [2.45, 2.75) is 46.7 Å². The number of anilines is 1. The lowest BCUT2D eigenvalue weighted by Gasteiger charge is -2.26. The molecule has 1 unspecified atom stereocenters. The van der Waals surface area contributed by atoms with Gasteiger partial charge < -0.3 is 10.2 Å². The Labute approximate surface area is 126 Å². The lowest BCUT2D eigenvalue weighted by molar-refractivity contribution is -0.384. The van der Waals surface area contributed by atoms with E-state index in [1.165, 1.54) is 0 Å². The van der Waals surface area contributed by atoms with Gasteiger partial charge in [0, 0.05) is 18.6 Å². The normalized spacial score (nSPS) is 13.2. The van der Waals surface area contributed by atoms with Gasteiger partial charge in [0.25, 0.3) is 0 Å². The van der Waals surface area contributed by atoms with Crippen LogP contribution in [0.25, 0.3) is 0 Å². The van der Waals surface area contributed by atoms with Crippen LogP contribution in [-0.4, -0.2) is 46.3 Å². The maximum Gasteiger partial charge on any atom is 0.333 e. The molecule has 21 heavy (non-hydrogen) atoms. The average Bonchev–Trinajstić information content (AvgIpc) is 2.64. The summed E-state index contributed by atoms with van der Waals surface area (Å²) < 4.78 is 1.71. The second-order valence-electron chi connectivity index (χ2n) is 6.34. The topological polar surface area (TPSA) is 76.2 Å². The van der Waals surface area contributed by atoms with Gasteiger partial charge in [0.2, 0.25) is 5.82 Å². The Hall–Kier alpha value is -1.63. The molecule has 120 valence electrons. The molecule has 0 bridgehead atoms. The Balaban J connectivity index is 3.22. The van der Waals surface area contributed by atoms with Crippen molar-refractivity contribution in [1.29, 1.82) is 0 Å². The minimum atomic E-state index is -0.351. The van der Waals surface area contributed by atoms with E-state index in [0.29, 0.717) is 17.4 Å². The maximum absolute atomic E-state index is 11.4. The number of aryl methyl sites for hydroxylation is 1. The number of nitrogens with one attached hydrogen (secondary N) is 1. The molecule has 1 N–H and O–H groups in total. The van der Waals surface area contributed by atoms with Crippen molar-refractivity contribution in [2.75, 3.05) is 26.0 Å². The van der Waals surface area contributed by atoms with Gasteiger partial charge in [0.1, 0.15) is 5.69 Å². The fourth-order valence-electron chi connectivity index (χ4n) is 2.26. The van der Waals surface area contributed by atoms with Crippen LogP contribution in [0.3, 0.4) is 0 Å². The van der Waals surface area contributed by atoms with Crippen LogP contribution in [0.5, 0.6) is 0 Å². The minimum Gasteiger partial charge on any atom is -0.360 e. The fourth-order valence-corrected chi connectivity index (χ4v) is 2.26. The van der Waals surface area contributed by atoms with Crippen molar-refractivity contribution < 1.29 is 4.92 Å². The molecule has 0 spiro atoms. The molecule has 1 atom stereocenters. The quantitative estimate of drug-likeness (QED) is 0.618. The Morgan fingerprint density at radius 3 is 2.29 bits per heavy atom. The molecule has 7 heteroatoms. The summed E-state index contributed by atoms with van der Waals surface area (Å²) in [6.45, 7) is 10.6. The standard InChI is InChI=1S/C14H27N5O2/c1-9(2)12(8-17(6)7)15-14-13(19(20)21)11(5)16-18(14)10(3)4/h9-10,12,15H,8H2,1-7H3. The Kier molecular flexibility index (Phi) is 5.71. The van der Waals surface area contributed by atoms with Crippen molar-refractivity contribution >= 4 is 11.5 Å². The van der Waals surface area contributed by atoms with Gasteiger partial charge in [-0.25, -0.2) is 4.68 Å². The highest BCUT2D eigenvalue weighted by Crippen LogP contribution is 2.31. The van der Waals surface area contributed by atoms with Crippen LogP contribution in [0.1, 0.15) is 39.4 Å². The van der Waals surface area contributed by atoms with E-state index in [-0.39, 0.29) is 22.7 Å². The van der Waals surface area contributed by atoms with Gasteiger partial charge in [0.05, 0.1) is 4.92 Å². The van der Waals surface area contributed by atoms with Crippen molar-refractivity contribution in [1.82, 2.24) is 14.7 Å². The van der Waals surface area contributed by atoms with E-state index in [1.807, 2.05) is 27.9 Å². The summed E-state index contributed by atoms with van der Waals surface area (Å²) in [6, 6.07) is 0.180. The molecule has 0 aromatic carbocycles. The van der Waals surface area contributed by atoms with Crippen molar-refractivity contribution in [2.24, 2.45) is 5.92 Å². The van der Waals surface area contributed by atoms with E-state index in [4.69, 9.17) is 0 Å². The summed E-state index contributed by atoms with van der Waals surface area (Å²) in [6.07, 6.45) is 0. The van der Waals surface area contributed by atoms with Crippen LogP contribution in [0.15, 0.2) is 0 Å². The van der Waals surface area contributed by atoms with Gasteiger partial charge in [-0.2, -0.15) is 5.10 Å². The lowest BCUT2D eigenvalue weighted by atomic mass is 10.0. The highest BCUT2D eigenvalue weighted by atomic mass is 16.6. The van der Waals surface area contributed by atoms with E-state index in [1.54, 1.807) is 11.6 Å². The largest absolute Gasteiger partial charge is 0.360 e. The van der Waals surface area contributed by atoms with Crippen molar-refractivity contribution in [3.05, 3.63) is 15.8 Å². The lowest BCUT2D eigenvalue weighted by Crippen LogP contribution is -2.37. The molecule has 1 aromatic rings. The van der Waals surface area contributed by atoms with Gasteiger partial charge in [-0.1, -0.05) is 13.8 Å². The summed E-state index contributed by atoms with van der Waals surface area (Å²) in [4.78, 5) is 13.1. The van der Waals surface area contributed by atoms with E-state index >= 15 is 0 Å². The Morgan fingerprint density at radius 2 is 1.90 bits per heavy atom. The molecule has 0 saturated carbocycles. The van der Waals surface area contributed by atoms with E-state index in [0.717, 1.165) is 6.54 Å². The first-order chi connectivity index (χ1) is 9.65. The van der Waals surface area contributed by atoms with Crippen LogP contribution >= 0.6 is 0 Å². The molecular weight excluding hydrogens is 270 g/mol. The molecule has 0 fully saturated rings. The summed E-state index contributed by atoms with van der Waals surface area (Å²) in [7, 11) is 3.99. The summed E-state index contributed by atoms with van der Waals surface area (Å²) in [5, 5.41) is 19.0. The molecule has 0 aliphatic heterocycles. The fraction of sp³-hybridized carbons (Fsp3) is 0.786. The molecule has 1 aromatic heterocycles. The number of hydrogen-bond donors (Lipinski definition) is 1. The van der Waals surface area contributed by atoms with Crippen LogP contribution in [0, 0.1) is 23.0 Å².